The maximum Gasteiger partial charge on any atom is 0.119 e. The van der Waals surface area contributed by atoms with Gasteiger partial charge in [-0.1, -0.05) is 56.3 Å². The van der Waals surface area contributed by atoms with Crippen LogP contribution in [0.5, 0.6) is 5.75 Å². The second-order valence-corrected chi connectivity index (χ2v) is 7.23. The van der Waals surface area contributed by atoms with E-state index in [9.17, 15) is 0 Å². The van der Waals surface area contributed by atoms with Crippen molar-refractivity contribution in [1.82, 2.24) is 4.90 Å². The number of ether oxygens (including phenoxy) is 2. The second kappa shape index (κ2) is 9.17. The summed E-state index contributed by atoms with van der Waals surface area (Å²) < 4.78 is 11.9. The zero-order chi connectivity index (χ0) is 18.4. The van der Waals surface area contributed by atoms with Gasteiger partial charge in [-0.05, 0) is 29.2 Å². The molecule has 0 bridgehead atoms. The molecule has 4 heteroatoms. The van der Waals surface area contributed by atoms with Gasteiger partial charge in [0.05, 0.1) is 18.8 Å². The summed E-state index contributed by atoms with van der Waals surface area (Å²) in [5.74, 6) is 1.29. The Kier molecular flexibility index (Phi) is 6.67. The first-order valence-corrected chi connectivity index (χ1v) is 9.41. The van der Waals surface area contributed by atoms with Gasteiger partial charge in [0.15, 0.2) is 0 Å². The average Bonchev–Trinajstić information content (AvgIpc) is 2.67. The van der Waals surface area contributed by atoms with Crippen molar-refractivity contribution in [2.24, 2.45) is 5.92 Å². The fourth-order valence-corrected chi connectivity index (χ4v) is 3.36. The minimum absolute atomic E-state index is 0.0303. The Hall–Kier alpha value is -1.88. The normalized spacial score (nSPS) is 21.1. The van der Waals surface area contributed by atoms with Crippen LogP contribution in [0.15, 0.2) is 54.6 Å². The molecule has 0 unspecified atom stereocenters. The molecule has 140 valence electrons. The summed E-state index contributed by atoms with van der Waals surface area (Å²) in [5.41, 5.74) is 2.46. The van der Waals surface area contributed by atoms with Crippen molar-refractivity contribution in [2.75, 3.05) is 26.3 Å². The van der Waals surface area contributed by atoms with E-state index in [1.54, 1.807) is 0 Å². The zero-order valence-electron chi connectivity index (χ0n) is 15.7. The third-order valence-electron chi connectivity index (χ3n) is 4.78. The van der Waals surface area contributed by atoms with Crippen molar-refractivity contribution in [1.29, 1.82) is 0 Å². The van der Waals surface area contributed by atoms with Crippen molar-refractivity contribution in [2.45, 2.75) is 32.6 Å². The third-order valence-corrected chi connectivity index (χ3v) is 4.78. The Bertz CT molecular complexity index is 674. The predicted octanol–water partition coefficient (Wildman–Crippen LogP) is 3.66. The van der Waals surface area contributed by atoms with Crippen LogP contribution in [0.25, 0.3) is 0 Å². The van der Waals surface area contributed by atoms with Gasteiger partial charge in [-0.2, -0.15) is 0 Å². The fourth-order valence-electron chi connectivity index (χ4n) is 3.36. The van der Waals surface area contributed by atoms with Crippen LogP contribution in [-0.2, 0) is 11.3 Å². The number of nitrogens with zero attached hydrogens (tertiary/aromatic N) is 1. The van der Waals surface area contributed by atoms with Crippen LogP contribution in [0, 0.1) is 5.92 Å². The van der Waals surface area contributed by atoms with E-state index in [2.05, 4.69) is 55.1 Å². The van der Waals surface area contributed by atoms with Crippen LogP contribution in [0.3, 0.4) is 0 Å². The molecule has 1 aliphatic rings. The highest BCUT2D eigenvalue weighted by atomic mass is 16.5. The van der Waals surface area contributed by atoms with E-state index in [1.165, 1.54) is 11.1 Å². The first-order chi connectivity index (χ1) is 12.7. The van der Waals surface area contributed by atoms with Gasteiger partial charge in [0.25, 0.3) is 0 Å². The maximum atomic E-state index is 8.93. The van der Waals surface area contributed by atoms with Gasteiger partial charge in [-0.25, -0.2) is 0 Å². The number of benzene rings is 2. The zero-order valence-corrected chi connectivity index (χ0v) is 15.7. The second-order valence-electron chi connectivity index (χ2n) is 7.23. The minimum Gasteiger partial charge on any atom is -0.491 e. The molecule has 1 N–H and O–H groups in total. The van der Waals surface area contributed by atoms with Crippen LogP contribution in [0.2, 0.25) is 0 Å². The number of aliphatic hydroxyl groups excluding tert-OH is 1. The molecular weight excluding hydrogens is 326 g/mol. The number of morpholine rings is 1. The molecule has 0 aliphatic carbocycles. The van der Waals surface area contributed by atoms with Crippen molar-refractivity contribution >= 4 is 0 Å². The SMILES string of the molecule is CC(C)[C@H]1CN(Cc2cccc(OCCO)c2)C[C@@H](c2ccccc2)O1. The summed E-state index contributed by atoms with van der Waals surface area (Å²) in [6.07, 6.45) is 0.328. The summed E-state index contributed by atoms with van der Waals surface area (Å²) in [6, 6.07) is 18.6. The highest BCUT2D eigenvalue weighted by molar-refractivity contribution is 5.28. The van der Waals surface area contributed by atoms with Gasteiger partial charge >= 0.3 is 0 Å². The standard InChI is InChI=1S/C22H29NO3/c1-17(2)21-15-23(16-22(26-21)19-8-4-3-5-9-19)14-18-7-6-10-20(13-18)25-12-11-24/h3-10,13,17,21-22,24H,11-12,14-16H2,1-2H3/t21-,22+/m1/s1. The molecule has 0 radical (unpaired) electrons. The van der Waals surface area contributed by atoms with Crippen LogP contribution in [-0.4, -0.2) is 42.4 Å². The average molecular weight is 355 g/mol. The number of hydrogen-bond donors (Lipinski definition) is 1. The molecule has 0 aromatic heterocycles. The number of aliphatic hydroxyl groups is 1. The molecule has 1 heterocycles. The Balaban J connectivity index is 1.71. The van der Waals surface area contributed by atoms with Gasteiger partial charge in [-0.3, -0.25) is 4.90 Å². The topological polar surface area (TPSA) is 41.9 Å². The molecule has 26 heavy (non-hydrogen) atoms. The third kappa shape index (κ3) is 5.07. The van der Waals surface area contributed by atoms with E-state index in [-0.39, 0.29) is 18.8 Å². The van der Waals surface area contributed by atoms with Crippen molar-refractivity contribution in [3.05, 3.63) is 65.7 Å². The molecular formula is C22H29NO3. The van der Waals surface area contributed by atoms with Crippen LogP contribution >= 0.6 is 0 Å². The first-order valence-electron chi connectivity index (χ1n) is 9.41. The fraction of sp³-hybridized carbons (Fsp3) is 0.455. The van der Waals surface area contributed by atoms with Gasteiger partial charge in [0, 0.05) is 19.6 Å². The minimum atomic E-state index is 0.0303. The predicted molar refractivity (Wildman–Crippen MR) is 103 cm³/mol. The maximum absolute atomic E-state index is 8.93. The smallest absolute Gasteiger partial charge is 0.119 e. The largest absolute Gasteiger partial charge is 0.491 e. The van der Waals surface area contributed by atoms with Gasteiger partial charge < -0.3 is 14.6 Å². The van der Waals surface area contributed by atoms with E-state index in [0.29, 0.717) is 12.5 Å². The van der Waals surface area contributed by atoms with E-state index in [4.69, 9.17) is 14.6 Å². The molecule has 0 saturated carbocycles. The Morgan fingerprint density at radius 1 is 1.12 bits per heavy atom. The van der Waals surface area contributed by atoms with Crippen molar-refractivity contribution in [3.8, 4) is 5.75 Å². The highest BCUT2D eigenvalue weighted by Crippen LogP contribution is 2.29. The molecule has 0 amide bonds. The lowest BCUT2D eigenvalue weighted by molar-refractivity contribution is -0.107. The van der Waals surface area contributed by atoms with Crippen LogP contribution in [0.4, 0.5) is 0 Å². The Morgan fingerprint density at radius 3 is 2.65 bits per heavy atom. The Labute approximate surface area is 156 Å². The Morgan fingerprint density at radius 2 is 1.92 bits per heavy atom. The van der Waals surface area contributed by atoms with Crippen molar-refractivity contribution < 1.29 is 14.6 Å². The molecule has 1 fully saturated rings. The van der Waals surface area contributed by atoms with Gasteiger partial charge in [-0.15, -0.1) is 0 Å². The van der Waals surface area contributed by atoms with E-state index in [0.717, 1.165) is 25.4 Å². The van der Waals surface area contributed by atoms with Crippen molar-refractivity contribution in [3.63, 3.8) is 0 Å². The van der Waals surface area contributed by atoms with Gasteiger partial charge in [0.1, 0.15) is 12.4 Å². The van der Waals surface area contributed by atoms with Gasteiger partial charge in [0.2, 0.25) is 0 Å². The molecule has 2 aromatic rings. The number of hydrogen-bond acceptors (Lipinski definition) is 4. The van der Waals surface area contributed by atoms with E-state index in [1.807, 2.05) is 18.2 Å². The first kappa shape index (κ1) is 18.9. The molecule has 1 aliphatic heterocycles. The summed E-state index contributed by atoms with van der Waals surface area (Å²) in [5, 5.41) is 8.93. The molecule has 3 rings (SSSR count). The molecule has 0 spiro atoms. The van der Waals surface area contributed by atoms with E-state index >= 15 is 0 Å². The molecule has 2 atom stereocenters. The van der Waals surface area contributed by atoms with E-state index < -0.39 is 0 Å². The lowest BCUT2D eigenvalue weighted by atomic mass is 10.0. The molecule has 4 nitrogen and oxygen atoms in total. The molecule has 1 saturated heterocycles. The lowest BCUT2D eigenvalue weighted by Crippen LogP contribution is -2.45. The number of rotatable bonds is 7. The summed E-state index contributed by atoms with van der Waals surface area (Å²) in [6.45, 7) is 7.48. The quantitative estimate of drug-likeness (QED) is 0.823. The summed E-state index contributed by atoms with van der Waals surface area (Å²) >= 11 is 0. The lowest BCUT2D eigenvalue weighted by Gasteiger charge is -2.40. The van der Waals surface area contributed by atoms with Crippen LogP contribution in [0.1, 0.15) is 31.1 Å². The van der Waals surface area contributed by atoms with Crippen LogP contribution < -0.4 is 4.74 Å². The summed E-state index contributed by atoms with van der Waals surface area (Å²) in [4.78, 5) is 2.47. The molecule has 2 aromatic carbocycles. The monoisotopic (exact) mass is 355 g/mol. The summed E-state index contributed by atoms with van der Waals surface area (Å²) in [7, 11) is 0. The highest BCUT2D eigenvalue weighted by Gasteiger charge is 2.30.